The van der Waals surface area contributed by atoms with E-state index in [1.54, 1.807) is 25.1 Å². The van der Waals surface area contributed by atoms with Gasteiger partial charge in [0.1, 0.15) is 4.90 Å². The van der Waals surface area contributed by atoms with E-state index in [0.717, 1.165) is 5.56 Å². The highest BCUT2D eigenvalue weighted by atomic mass is 32.2. The van der Waals surface area contributed by atoms with Gasteiger partial charge < -0.3 is 0 Å². The summed E-state index contributed by atoms with van der Waals surface area (Å²) >= 11 is 0. The molecule has 16 heavy (non-hydrogen) atoms. The molecule has 0 unspecified atom stereocenters. The van der Waals surface area contributed by atoms with Gasteiger partial charge in [-0.1, -0.05) is 37.4 Å². The molecule has 4 heteroatoms. The van der Waals surface area contributed by atoms with E-state index in [1.807, 2.05) is 0 Å². The van der Waals surface area contributed by atoms with Gasteiger partial charge >= 0.3 is 0 Å². The molecule has 0 radical (unpaired) electrons. The van der Waals surface area contributed by atoms with E-state index >= 15 is 0 Å². The van der Waals surface area contributed by atoms with Crippen molar-refractivity contribution in [3.05, 3.63) is 42.5 Å². The van der Waals surface area contributed by atoms with Crippen LogP contribution < -0.4 is 0 Å². The molecule has 86 valence electrons. The summed E-state index contributed by atoms with van der Waals surface area (Å²) in [6, 6.07) is 4.92. The van der Waals surface area contributed by atoms with Crippen molar-refractivity contribution in [3.63, 3.8) is 0 Å². The van der Waals surface area contributed by atoms with E-state index in [-0.39, 0.29) is 11.5 Å². The summed E-state index contributed by atoms with van der Waals surface area (Å²) in [5.41, 5.74) is 1.24. The van der Waals surface area contributed by atoms with Crippen LogP contribution in [-0.4, -0.2) is 15.0 Å². The van der Waals surface area contributed by atoms with Crippen molar-refractivity contribution >= 4 is 22.3 Å². The summed E-state index contributed by atoms with van der Waals surface area (Å²) < 4.78 is 28.3. The Morgan fingerprint density at radius 3 is 2.50 bits per heavy atom. The largest absolute Gasteiger partial charge is 0.297 e. The summed E-state index contributed by atoms with van der Waals surface area (Å²) in [5.74, 6) is 0. The average molecular weight is 238 g/mol. The van der Waals surface area contributed by atoms with Gasteiger partial charge in [-0.2, -0.15) is 8.42 Å². The second kappa shape index (κ2) is 5.09. The summed E-state index contributed by atoms with van der Waals surface area (Å²) in [4.78, 5) is 0.127. The third kappa shape index (κ3) is 2.40. The van der Waals surface area contributed by atoms with Crippen LogP contribution in [0.1, 0.15) is 18.1 Å². The SMILES string of the molecule is C=Cc1cccc(S(=O)(=O)OCC)c1C=C. The van der Waals surface area contributed by atoms with Gasteiger partial charge in [-0.3, -0.25) is 4.18 Å². The van der Waals surface area contributed by atoms with Crippen molar-refractivity contribution in [2.24, 2.45) is 0 Å². The zero-order chi connectivity index (χ0) is 12.2. The lowest BCUT2D eigenvalue weighted by Crippen LogP contribution is -2.08. The molecule has 0 amide bonds. The minimum absolute atomic E-state index is 0.108. The molecule has 1 aromatic rings. The Labute approximate surface area is 96.2 Å². The molecule has 0 saturated carbocycles. The zero-order valence-corrected chi connectivity index (χ0v) is 9.96. The molecule has 0 aliphatic rings. The monoisotopic (exact) mass is 238 g/mol. The molecule has 1 rings (SSSR count). The molecular formula is C12H14O3S. The first kappa shape index (κ1) is 12.7. The predicted molar refractivity (Wildman–Crippen MR) is 65.4 cm³/mol. The van der Waals surface area contributed by atoms with Crippen molar-refractivity contribution < 1.29 is 12.6 Å². The van der Waals surface area contributed by atoms with E-state index in [1.165, 1.54) is 12.1 Å². The molecule has 0 saturated heterocycles. The summed E-state index contributed by atoms with van der Waals surface area (Å²) in [6.45, 7) is 8.97. The van der Waals surface area contributed by atoms with E-state index in [2.05, 4.69) is 13.2 Å². The maximum atomic E-state index is 11.8. The molecule has 0 heterocycles. The summed E-state index contributed by atoms with van der Waals surface area (Å²) in [6.07, 6.45) is 3.07. The second-order valence-electron chi connectivity index (χ2n) is 3.03. The maximum absolute atomic E-state index is 11.8. The van der Waals surface area contributed by atoms with Crippen LogP contribution in [0.4, 0.5) is 0 Å². The summed E-state index contributed by atoms with van der Waals surface area (Å²) in [5, 5.41) is 0. The predicted octanol–water partition coefficient (Wildman–Crippen LogP) is 2.70. The van der Waals surface area contributed by atoms with Crippen LogP contribution in [0.3, 0.4) is 0 Å². The van der Waals surface area contributed by atoms with Gasteiger partial charge in [-0.05, 0) is 18.6 Å². The zero-order valence-electron chi connectivity index (χ0n) is 9.14. The molecule has 0 bridgehead atoms. The van der Waals surface area contributed by atoms with Gasteiger partial charge in [0.2, 0.25) is 0 Å². The maximum Gasteiger partial charge on any atom is 0.297 e. The lowest BCUT2D eigenvalue weighted by Gasteiger charge is -2.09. The van der Waals surface area contributed by atoms with Crippen LogP contribution in [0.2, 0.25) is 0 Å². The van der Waals surface area contributed by atoms with Gasteiger partial charge in [-0.25, -0.2) is 0 Å². The molecule has 1 aromatic carbocycles. The van der Waals surface area contributed by atoms with E-state index < -0.39 is 10.1 Å². The minimum atomic E-state index is -3.70. The molecule has 0 atom stereocenters. The fourth-order valence-electron chi connectivity index (χ4n) is 1.39. The molecular weight excluding hydrogens is 224 g/mol. The molecule has 0 fully saturated rings. The van der Waals surface area contributed by atoms with Gasteiger partial charge in [0.05, 0.1) is 6.61 Å². The first-order chi connectivity index (χ1) is 7.56. The number of hydrogen-bond acceptors (Lipinski definition) is 3. The second-order valence-corrected chi connectivity index (χ2v) is 4.61. The van der Waals surface area contributed by atoms with Crippen molar-refractivity contribution in [1.29, 1.82) is 0 Å². The lowest BCUT2D eigenvalue weighted by atomic mass is 10.1. The highest BCUT2D eigenvalue weighted by Crippen LogP contribution is 2.23. The smallest absolute Gasteiger partial charge is 0.267 e. The van der Waals surface area contributed by atoms with E-state index in [4.69, 9.17) is 4.18 Å². The van der Waals surface area contributed by atoms with Crippen molar-refractivity contribution in [3.8, 4) is 0 Å². The van der Waals surface area contributed by atoms with Crippen LogP contribution in [0.25, 0.3) is 12.2 Å². The van der Waals surface area contributed by atoms with Crippen molar-refractivity contribution in [2.75, 3.05) is 6.61 Å². The standard InChI is InChI=1S/C12H14O3S/c1-4-10-8-7-9-12(11(10)5-2)16(13,14)15-6-3/h4-5,7-9H,1-2,6H2,3H3. The Bertz CT molecular complexity index is 501. The normalized spacial score (nSPS) is 11.1. The summed E-state index contributed by atoms with van der Waals surface area (Å²) in [7, 11) is -3.70. The third-order valence-electron chi connectivity index (χ3n) is 2.07. The topological polar surface area (TPSA) is 43.4 Å². The Kier molecular flexibility index (Phi) is 4.04. The number of hydrogen-bond donors (Lipinski definition) is 0. The quantitative estimate of drug-likeness (QED) is 0.741. The van der Waals surface area contributed by atoms with Crippen LogP contribution in [-0.2, 0) is 14.3 Å². The Balaban J connectivity index is 3.45. The van der Waals surface area contributed by atoms with Gasteiger partial charge in [-0.15, -0.1) is 0 Å². The molecule has 0 aliphatic carbocycles. The molecule has 3 nitrogen and oxygen atoms in total. The van der Waals surface area contributed by atoms with Crippen LogP contribution in [0.15, 0.2) is 36.3 Å². The highest BCUT2D eigenvalue weighted by Gasteiger charge is 2.18. The van der Waals surface area contributed by atoms with E-state index in [0.29, 0.717) is 5.56 Å². The Morgan fingerprint density at radius 2 is 2.00 bits per heavy atom. The Morgan fingerprint density at radius 1 is 1.31 bits per heavy atom. The highest BCUT2D eigenvalue weighted by molar-refractivity contribution is 7.86. The molecule has 0 spiro atoms. The van der Waals surface area contributed by atoms with Gasteiger partial charge in [0, 0.05) is 5.56 Å². The van der Waals surface area contributed by atoms with Crippen LogP contribution in [0, 0.1) is 0 Å². The lowest BCUT2D eigenvalue weighted by molar-refractivity contribution is 0.338. The molecule has 0 aromatic heterocycles. The molecule has 0 aliphatic heterocycles. The van der Waals surface area contributed by atoms with Gasteiger partial charge in [0.15, 0.2) is 0 Å². The van der Waals surface area contributed by atoms with Crippen molar-refractivity contribution in [2.45, 2.75) is 11.8 Å². The fraction of sp³-hybridized carbons (Fsp3) is 0.167. The Hall–Kier alpha value is -1.39. The van der Waals surface area contributed by atoms with Crippen LogP contribution >= 0.6 is 0 Å². The first-order valence-electron chi connectivity index (χ1n) is 4.84. The number of benzene rings is 1. The van der Waals surface area contributed by atoms with Gasteiger partial charge in [0.25, 0.3) is 10.1 Å². The fourth-order valence-corrected chi connectivity index (χ4v) is 2.55. The first-order valence-corrected chi connectivity index (χ1v) is 6.25. The number of rotatable bonds is 5. The average Bonchev–Trinajstić information content (AvgIpc) is 2.27. The molecule has 0 N–H and O–H groups in total. The third-order valence-corrected chi connectivity index (χ3v) is 3.51. The minimum Gasteiger partial charge on any atom is -0.267 e. The van der Waals surface area contributed by atoms with E-state index in [9.17, 15) is 8.42 Å². The van der Waals surface area contributed by atoms with Crippen molar-refractivity contribution in [1.82, 2.24) is 0 Å². The van der Waals surface area contributed by atoms with Crippen LogP contribution in [0.5, 0.6) is 0 Å².